The third-order valence-electron chi connectivity index (χ3n) is 4.63. The zero-order valence-corrected chi connectivity index (χ0v) is 16.9. The van der Waals surface area contributed by atoms with Crippen molar-refractivity contribution in [3.8, 4) is 11.4 Å². The van der Waals surface area contributed by atoms with E-state index in [-0.39, 0.29) is 11.6 Å². The molecule has 0 unspecified atom stereocenters. The lowest BCUT2D eigenvalue weighted by atomic mass is 10.0. The van der Waals surface area contributed by atoms with Gasteiger partial charge >= 0.3 is 6.18 Å². The Hall–Kier alpha value is -2.95. The number of H-pyrrole nitrogens is 1. The predicted molar refractivity (Wildman–Crippen MR) is 104 cm³/mol. The van der Waals surface area contributed by atoms with Crippen LogP contribution in [0.15, 0.2) is 24.7 Å². The second-order valence-electron chi connectivity index (χ2n) is 7.03. The standard InChI is InChI=1S/C18H17ClF4N6O/c1-17(2,16(30)27-8-18(21,22)23)29(3)15-12(20)7-26-14(28-15)11-6-25-13-10(11)4-9(19)5-24-13/h4-7H,8H2,1-3H3,(H,24,25)(H,27,30). The number of aromatic nitrogens is 4. The average Bonchev–Trinajstić information content (AvgIpc) is 3.08. The Bertz CT molecular complexity index is 1100. The van der Waals surface area contributed by atoms with Crippen LogP contribution in [-0.2, 0) is 4.79 Å². The monoisotopic (exact) mass is 444 g/mol. The van der Waals surface area contributed by atoms with Crippen molar-refractivity contribution in [2.45, 2.75) is 25.6 Å². The number of amides is 1. The van der Waals surface area contributed by atoms with E-state index >= 15 is 0 Å². The number of fused-ring (bicyclic) bond motifs is 1. The van der Waals surface area contributed by atoms with Crippen molar-refractivity contribution in [3.63, 3.8) is 0 Å². The number of hydrogen-bond donors (Lipinski definition) is 2. The molecule has 0 aliphatic rings. The zero-order chi connectivity index (χ0) is 22.3. The maximum atomic E-state index is 14.5. The molecule has 0 atom stereocenters. The Kier molecular flexibility index (Phi) is 5.59. The summed E-state index contributed by atoms with van der Waals surface area (Å²) in [5, 5.41) is 2.79. The van der Waals surface area contributed by atoms with Crippen molar-refractivity contribution < 1.29 is 22.4 Å². The summed E-state index contributed by atoms with van der Waals surface area (Å²) < 4.78 is 51.8. The van der Waals surface area contributed by atoms with Gasteiger partial charge in [-0.2, -0.15) is 13.2 Å². The molecule has 0 aliphatic heterocycles. The van der Waals surface area contributed by atoms with Crippen LogP contribution in [0.1, 0.15) is 13.8 Å². The van der Waals surface area contributed by atoms with Gasteiger partial charge in [0, 0.05) is 30.4 Å². The fourth-order valence-corrected chi connectivity index (χ4v) is 2.86. The van der Waals surface area contributed by atoms with Crippen LogP contribution in [0.2, 0.25) is 5.02 Å². The smallest absolute Gasteiger partial charge is 0.345 e. The summed E-state index contributed by atoms with van der Waals surface area (Å²) in [5.41, 5.74) is -0.527. The van der Waals surface area contributed by atoms with Crippen LogP contribution >= 0.6 is 11.6 Å². The highest BCUT2D eigenvalue weighted by atomic mass is 35.5. The SMILES string of the molecule is CN(c1nc(-c2c[nH]c3ncc(Cl)cc23)ncc1F)C(C)(C)C(=O)NCC(F)(F)F. The molecule has 2 N–H and O–H groups in total. The molecule has 0 spiro atoms. The Labute approximate surface area is 173 Å². The topological polar surface area (TPSA) is 86.8 Å². The summed E-state index contributed by atoms with van der Waals surface area (Å²) in [7, 11) is 1.36. The summed E-state index contributed by atoms with van der Waals surface area (Å²) in [6, 6.07) is 1.64. The lowest BCUT2D eigenvalue weighted by Gasteiger charge is -2.35. The van der Waals surface area contributed by atoms with E-state index in [0.717, 1.165) is 11.1 Å². The minimum absolute atomic E-state index is 0.125. The molecular weight excluding hydrogens is 428 g/mol. The van der Waals surface area contributed by atoms with Crippen molar-refractivity contribution in [2.24, 2.45) is 0 Å². The normalized spacial score (nSPS) is 12.3. The van der Waals surface area contributed by atoms with Crippen LogP contribution in [0, 0.1) is 5.82 Å². The first-order chi connectivity index (χ1) is 13.9. The van der Waals surface area contributed by atoms with E-state index in [1.807, 2.05) is 0 Å². The molecule has 0 aliphatic carbocycles. The van der Waals surface area contributed by atoms with Gasteiger partial charge in [0.1, 0.15) is 17.7 Å². The Morgan fingerprint density at radius 1 is 1.27 bits per heavy atom. The minimum atomic E-state index is -4.57. The van der Waals surface area contributed by atoms with Crippen LogP contribution in [0.5, 0.6) is 0 Å². The van der Waals surface area contributed by atoms with Crippen molar-refractivity contribution in [1.82, 2.24) is 25.3 Å². The van der Waals surface area contributed by atoms with E-state index in [4.69, 9.17) is 11.6 Å². The van der Waals surface area contributed by atoms with Crippen molar-refractivity contribution in [3.05, 3.63) is 35.5 Å². The average molecular weight is 445 g/mol. The number of halogens is 5. The molecule has 3 heterocycles. The largest absolute Gasteiger partial charge is 0.405 e. The molecule has 0 aromatic carbocycles. The molecule has 0 saturated carbocycles. The van der Waals surface area contributed by atoms with E-state index < -0.39 is 30.0 Å². The second-order valence-corrected chi connectivity index (χ2v) is 7.47. The van der Waals surface area contributed by atoms with E-state index in [2.05, 4.69) is 19.9 Å². The van der Waals surface area contributed by atoms with Crippen molar-refractivity contribution >= 4 is 34.4 Å². The number of nitrogens with one attached hydrogen (secondary N) is 2. The summed E-state index contributed by atoms with van der Waals surface area (Å²) in [5.74, 6) is -1.91. The van der Waals surface area contributed by atoms with Gasteiger partial charge in [-0.3, -0.25) is 4.79 Å². The van der Waals surface area contributed by atoms with Crippen LogP contribution in [-0.4, -0.2) is 51.2 Å². The Morgan fingerprint density at radius 3 is 2.63 bits per heavy atom. The molecule has 1 amide bonds. The molecule has 0 fully saturated rings. The van der Waals surface area contributed by atoms with Gasteiger partial charge < -0.3 is 15.2 Å². The maximum absolute atomic E-state index is 14.5. The van der Waals surface area contributed by atoms with Crippen molar-refractivity contribution in [2.75, 3.05) is 18.5 Å². The number of pyridine rings is 1. The molecule has 3 aromatic heterocycles. The first-order valence-corrected chi connectivity index (χ1v) is 9.02. The molecular formula is C18H17ClF4N6O. The highest BCUT2D eigenvalue weighted by Crippen LogP contribution is 2.30. The number of rotatable bonds is 5. The highest BCUT2D eigenvalue weighted by Gasteiger charge is 2.37. The third-order valence-corrected chi connectivity index (χ3v) is 4.83. The lowest BCUT2D eigenvalue weighted by molar-refractivity contribution is -0.140. The first-order valence-electron chi connectivity index (χ1n) is 8.64. The summed E-state index contributed by atoms with van der Waals surface area (Å²) in [6.45, 7) is 1.22. The number of aromatic amines is 1. The van der Waals surface area contributed by atoms with E-state index in [1.54, 1.807) is 17.6 Å². The molecule has 0 bridgehead atoms. The summed E-state index contributed by atoms with van der Waals surface area (Å²) >= 11 is 5.99. The number of carbonyl (C=O) groups is 1. The van der Waals surface area contributed by atoms with Crippen LogP contribution in [0.3, 0.4) is 0 Å². The van der Waals surface area contributed by atoms with Gasteiger partial charge in [-0.25, -0.2) is 19.3 Å². The molecule has 12 heteroatoms. The van der Waals surface area contributed by atoms with Gasteiger partial charge in [0.2, 0.25) is 5.91 Å². The summed E-state index contributed by atoms with van der Waals surface area (Å²) in [4.78, 5) is 28.7. The minimum Gasteiger partial charge on any atom is -0.345 e. The van der Waals surface area contributed by atoms with Gasteiger partial charge in [-0.1, -0.05) is 11.6 Å². The van der Waals surface area contributed by atoms with Crippen LogP contribution in [0.4, 0.5) is 23.4 Å². The first kappa shape index (κ1) is 21.8. The highest BCUT2D eigenvalue weighted by molar-refractivity contribution is 6.31. The molecule has 160 valence electrons. The van der Waals surface area contributed by atoms with Crippen LogP contribution < -0.4 is 10.2 Å². The molecule has 3 aromatic rings. The molecule has 3 rings (SSSR count). The fourth-order valence-electron chi connectivity index (χ4n) is 2.70. The third kappa shape index (κ3) is 4.30. The second kappa shape index (κ2) is 7.71. The van der Waals surface area contributed by atoms with E-state index in [9.17, 15) is 22.4 Å². The van der Waals surface area contributed by atoms with Crippen LogP contribution in [0.25, 0.3) is 22.4 Å². The number of hydrogen-bond acceptors (Lipinski definition) is 5. The van der Waals surface area contributed by atoms with Crippen molar-refractivity contribution in [1.29, 1.82) is 0 Å². The number of alkyl halides is 3. The molecule has 0 saturated heterocycles. The van der Waals surface area contributed by atoms with Gasteiger partial charge in [0.25, 0.3) is 0 Å². The zero-order valence-electron chi connectivity index (χ0n) is 16.1. The number of carbonyl (C=O) groups excluding carboxylic acids is 1. The van der Waals surface area contributed by atoms with E-state index in [0.29, 0.717) is 21.6 Å². The molecule has 30 heavy (non-hydrogen) atoms. The summed E-state index contributed by atoms with van der Waals surface area (Å²) in [6.07, 6.45) is -0.611. The molecule has 7 nitrogen and oxygen atoms in total. The van der Waals surface area contributed by atoms with E-state index in [1.165, 1.54) is 27.1 Å². The Balaban J connectivity index is 1.96. The predicted octanol–water partition coefficient (Wildman–Crippen LogP) is 3.71. The van der Waals surface area contributed by atoms with Gasteiger partial charge in [0.15, 0.2) is 17.5 Å². The molecule has 0 radical (unpaired) electrons. The fraction of sp³-hybridized carbons (Fsp3) is 0.333. The van der Waals surface area contributed by atoms with Gasteiger partial charge in [0.05, 0.1) is 11.2 Å². The lowest BCUT2D eigenvalue weighted by Crippen LogP contribution is -2.55. The Morgan fingerprint density at radius 2 is 1.97 bits per heavy atom. The number of likely N-dealkylation sites (N-methyl/N-ethyl adjacent to an activating group) is 1. The maximum Gasteiger partial charge on any atom is 0.405 e. The number of anilines is 1. The number of nitrogens with zero attached hydrogens (tertiary/aromatic N) is 4. The van der Waals surface area contributed by atoms with Gasteiger partial charge in [-0.05, 0) is 19.9 Å². The quantitative estimate of drug-likeness (QED) is 0.586. The van der Waals surface area contributed by atoms with Gasteiger partial charge in [-0.15, -0.1) is 0 Å².